The van der Waals surface area contributed by atoms with Crippen LogP contribution in [0.15, 0.2) is 91.0 Å². The Balaban J connectivity index is 0.000000271. The first-order valence-corrected chi connectivity index (χ1v) is 25.4. The number of hydrogen-bond donors (Lipinski definition) is 3. The predicted octanol–water partition coefficient (Wildman–Crippen LogP) is -6.29. The molecule has 0 amide bonds. The van der Waals surface area contributed by atoms with E-state index in [-0.39, 0.29) is 0 Å². The highest BCUT2D eigenvalue weighted by atomic mass is 29.2. The van der Waals surface area contributed by atoms with Crippen LogP contribution in [0.4, 0.5) is 0 Å². The number of hydrogen-bond acceptors (Lipinski definition) is 9. The molecule has 18 heteroatoms. The Morgan fingerprint density at radius 2 is 0.917 bits per heavy atom. The Morgan fingerprint density at radius 1 is 0.528 bits per heavy atom. The van der Waals surface area contributed by atoms with Gasteiger partial charge >= 0.3 is 51.0 Å². The fraction of sp³-hybridized carbons (Fsp3) is 0. The van der Waals surface area contributed by atoms with Gasteiger partial charge in [-0.1, -0.05) is 91.0 Å². The molecule has 3 aromatic carbocycles. The molecule has 0 saturated heterocycles. The van der Waals surface area contributed by atoms with Crippen molar-refractivity contribution in [2.75, 3.05) is 0 Å². The minimum Gasteiger partial charge on any atom is -0.440 e. The summed E-state index contributed by atoms with van der Waals surface area (Å²) in [6, 6.07) is 27.0. The normalized spacial score (nSPS) is 14.1. The number of benzene rings is 3. The summed E-state index contributed by atoms with van der Waals surface area (Å²) in [5.41, 5.74) is 0. The number of rotatable bonds is 9. The molecule has 1 atom stereocenters. The van der Waals surface area contributed by atoms with Crippen LogP contribution < -0.4 is 15.6 Å². The van der Waals surface area contributed by atoms with E-state index in [1.54, 1.807) is 42.5 Å². The third-order valence-electron chi connectivity index (χ3n) is 4.96. The smallest absolute Gasteiger partial charge is 0.409 e. The van der Waals surface area contributed by atoms with Gasteiger partial charge in [-0.3, -0.25) is 0 Å². The monoisotopic (exact) mass is 642 g/mol. The van der Waals surface area contributed by atoms with Crippen molar-refractivity contribution in [3.8, 4) is 0 Å². The summed E-state index contributed by atoms with van der Waals surface area (Å²) in [6.45, 7) is 0. The third kappa shape index (κ3) is 9.58. The van der Waals surface area contributed by atoms with E-state index in [4.69, 9.17) is 12.3 Å². The van der Waals surface area contributed by atoms with Gasteiger partial charge in [0, 0.05) is 0 Å². The maximum Gasteiger partial charge on any atom is 0.409 e. The van der Waals surface area contributed by atoms with E-state index < -0.39 is 51.0 Å². The van der Waals surface area contributed by atoms with Crippen LogP contribution in [-0.2, 0) is 25.7 Å². The van der Waals surface area contributed by atoms with E-state index in [9.17, 15) is 27.8 Å². The lowest BCUT2D eigenvalue weighted by atomic mass is 10.4. The quantitative estimate of drug-likeness (QED) is 0.195. The molecule has 3 N–H and O–H groups in total. The molecular formula is C18H30O9Si9. The second kappa shape index (κ2) is 16.6. The van der Waals surface area contributed by atoms with Gasteiger partial charge in [0.25, 0.3) is 0 Å². The Kier molecular flexibility index (Phi) is 15.1. The molecule has 0 aliphatic heterocycles. The van der Waals surface area contributed by atoms with E-state index in [1.807, 2.05) is 48.5 Å². The summed E-state index contributed by atoms with van der Waals surface area (Å²) < 4.78 is 48.2. The maximum atomic E-state index is 11.2. The van der Waals surface area contributed by atoms with Crippen LogP contribution in [0.2, 0.25) is 0 Å². The molecule has 192 valence electrons. The van der Waals surface area contributed by atoms with E-state index in [0.717, 1.165) is 5.19 Å². The van der Waals surface area contributed by atoms with Gasteiger partial charge in [-0.05, 0) is 15.6 Å². The van der Waals surface area contributed by atoms with Gasteiger partial charge < -0.3 is 40.1 Å². The van der Waals surface area contributed by atoms with Crippen LogP contribution in [0.25, 0.3) is 0 Å². The van der Waals surface area contributed by atoms with Crippen molar-refractivity contribution in [1.82, 2.24) is 0 Å². The first kappa shape index (κ1) is 32.8. The fourth-order valence-electron chi connectivity index (χ4n) is 2.82. The van der Waals surface area contributed by atoms with Gasteiger partial charge in [-0.2, -0.15) is 0 Å². The average molecular weight is 643 g/mol. The summed E-state index contributed by atoms with van der Waals surface area (Å²) in [5, 5.41) is 2.10. The zero-order valence-corrected chi connectivity index (χ0v) is 32.6. The van der Waals surface area contributed by atoms with E-state index >= 15 is 0 Å². The molecule has 0 spiro atoms. The van der Waals surface area contributed by atoms with Gasteiger partial charge in [-0.25, -0.2) is 0 Å². The largest absolute Gasteiger partial charge is 0.440 e. The highest BCUT2D eigenvalue weighted by Crippen LogP contribution is 2.00. The maximum absolute atomic E-state index is 11.2. The molecule has 0 aromatic heterocycles. The molecule has 0 bridgehead atoms. The Morgan fingerprint density at radius 3 is 1.22 bits per heavy atom. The molecule has 0 radical (unpaired) electrons. The lowest BCUT2D eigenvalue weighted by Gasteiger charge is -2.22. The summed E-state index contributed by atoms with van der Waals surface area (Å²) in [5.74, 6) is 0. The molecule has 0 saturated carbocycles. The lowest BCUT2D eigenvalue weighted by Crippen LogP contribution is -2.56. The van der Waals surface area contributed by atoms with Crippen molar-refractivity contribution in [3.63, 3.8) is 0 Å². The zero-order chi connectivity index (χ0) is 27.1. The van der Waals surface area contributed by atoms with Gasteiger partial charge in [0.2, 0.25) is 0 Å². The molecule has 0 aliphatic carbocycles. The van der Waals surface area contributed by atoms with Gasteiger partial charge in [0.05, 0.1) is 0 Å². The molecule has 36 heavy (non-hydrogen) atoms. The predicted molar refractivity (Wildman–Crippen MR) is 159 cm³/mol. The molecule has 0 aliphatic rings. The minimum absolute atomic E-state index is 0.407. The Hall–Kier alpha value is -1.23. The van der Waals surface area contributed by atoms with E-state index in [1.165, 1.54) is 0 Å². The molecule has 9 nitrogen and oxygen atoms in total. The van der Waals surface area contributed by atoms with Gasteiger partial charge in [0.1, 0.15) is 31.5 Å². The zero-order valence-electron chi connectivity index (χ0n) is 20.2. The first-order chi connectivity index (χ1) is 17.2. The molecular weight excluding hydrogens is 613 g/mol. The van der Waals surface area contributed by atoms with Gasteiger partial charge in [0.15, 0.2) is 0 Å². The summed E-state index contributed by atoms with van der Waals surface area (Å²) in [4.78, 5) is 28.2. The standard InChI is InChI=1S/C6H12O3Si4.C6H10O3Si3.C6H8O3Si2/c7-12-13(8-10,9-11)6-4-2-1-3-5-6;7-11-12(8,9-10)6-4-2-1-3-5-6;7-10-11(8,9)6-4-2-1-3-5-6/h1-5,12H,10-11H3;1-5,8,11H,10H3;1-5,8-10H. The molecule has 3 aromatic rings. The van der Waals surface area contributed by atoms with E-state index in [0.29, 0.717) is 41.8 Å². The topological polar surface area (TPSA) is 140 Å². The first-order valence-electron chi connectivity index (χ1n) is 10.6. The van der Waals surface area contributed by atoms with Crippen molar-refractivity contribution in [3.05, 3.63) is 91.0 Å². The lowest BCUT2D eigenvalue weighted by molar-refractivity contribution is 0.404. The Labute approximate surface area is 228 Å². The van der Waals surface area contributed by atoms with Crippen molar-refractivity contribution < 1.29 is 40.1 Å². The second-order valence-corrected chi connectivity index (χ2v) is 27.8. The van der Waals surface area contributed by atoms with Crippen LogP contribution >= 0.6 is 0 Å². The van der Waals surface area contributed by atoms with E-state index in [2.05, 4.69) is 0 Å². The van der Waals surface area contributed by atoms with Crippen LogP contribution in [0.5, 0.6) is 0 Å². The van der Waals surface area contributed by atoms with Crippen LogP contribution in [0, 0.1) is 0 Å². The van der Waals surface area contributed by atoms with Crippen LogP contribution in [0.3, 0.4) is 0 Å². The summed E-state index contributed by atoms with van der Waals surface area (Å²) in [7, 11) is -11.1. The van der Waals surface area contributed by atoms with Crippen molar-refractivity contribution >= 4 is 98.0 Å². The molecule has 1 unspecified atom stereocenters. The SMILES string of the molecule is O=[SiH][Si](O)(O)c1ccccc1.O=[SiH][Si](O)(O[SiH3])c1ccccc1.O=[SiH][Si](O[SiH3])(O[SiH3])c1ccccc1. The Bertz CT molecular complexity index is 1060. The highest BCUT2D eigenvalue weighted by Gasteiger charge is 2.37. The summed E-state index contributed by atoms with van der Waals surface area (Å²) in [6.07, 6.45) is 0. The molecule has 0 fully saturated rings. The van der Waals surface area contributed by atoms with Crippen LogP contribution in [-0.4, -0.2) is 96.9 Å². The second-order valence-electron chi connectivity index (χ2n) is 7.15. The highest BCUT2D eigenvalue weighted by molar-refractivity contribution is 7.21. The fourth-order valence-corrected chi connectivity index (χ4v) is 16.9. The van der Waals surface area contributed by atoms with Gasteiger partial charge in [-0.15, -0.1) is 0 Å². The average Bonchev–Trinajstić information content (AvgIpc) is 2.96. The van der Waals surface area contributed by atoms with Crippen molar-refractivity contribution in [2.45, 2.75) is 0 Å². The van der Waals surface area contributed by atoms with Crippen LogP contribution in [0.1, 0.15) is 0 Å². The van der Waals surface area contributed by atoms with Crippen molar-refractivity contribution in [2.24, 2.45) is 0 Å². The molecule has 3 rings (SSSR count). The third-order valence-corrected chi connectivity index (χ3v) is 29.0. The molecule has 0 heterocycles. The van der Waals surface area contributed by atoms with Crippen molar-refractivity contribution in [1.29, 1.82) is 0 Å². The minimum atomic E-state index is -3.53. The summed E-state index contributed by atoms with van der Waals surface area (Å²) >= 11 is 0.